The highest BCUT2D eigenvalue weighted by Crippen LogP contribution is 2.40. The van der Waals surface area contributed by atoms with Gasteiger partial charge in [0, 0.05) is 18.0 Å². The molecule has 1 aliphatic heterocycles. The fraction of sp³-hybridized carbons (Fsp3) is 0.375. The topological polar surface area (TPSA) is 119 Å². The molecule has 0 fully saturated rings. The summed E-state index contributed by atoms with van der Waals surface area (Å²) in [6, 6.07) is 8.02. The van der Waals surface area contributed by atoms with Gasteiger partial charge in [0.15, 0.2) is 0 Å². The molecule has 2 aromatic rings. The molecule has 0 radical (unpaired) electrons. The van der Waals surface area contributed by atoms with Crippen molar-refractivity contribution in [3.05, 3.63) is 40.8 Å². The van der Waals surface area contributed by atoms with Crippen LogP contribution < -0.4 is 15.2 Å². The van der Waals surface area contributed by atoms with Gasteiger partial charge in [0.05, 0.1) is 18.0 Å². The second-order valence-electron chi connectivity index (χ2n) is 6.10. The van der Waals surface area contributed by atoms with E-state index >= 15 is 0 Å². The number of primary sulfonamides is 1. The Morgan fingerprint density at radius 2 is 2.11 bits per heavy atom. The molecule has 0 spiro atoms. The predicted molar refractivity (Wildman–Crippen MR) is 103 cm³/mol. The van der Waals surface area contributed by atoms with E-state index in [1.165, 1.54) is 4.31 Å². The SMILES string of the molecule is CCN[C@@H]1CN(Cc2cccc(OC)c2)S(=O)(=O)c2cc(S(N)(=O)=O)sc21. The maximum absolute atomic E-state index is 13.1. The highest BCUT2D eigenvalue weighted by atomic mass is 32.2. The zero-order chi connectivity index (χ0) is 19.8. The molecule has 3 rings (SSSR count). The maximum atomic E-state index is 13.1. The van der Waals surface area contributed by atoms with E-state index in [0.717, 1.165) is 23.0 Å². The monoisotopic (exact) mass is 431 g/mol. The molecule has 0 bridgehead atoms. The third-order valence-electron chi connectivity index (χ3n) is 4.25. The van der Waals surface area contributed by atoms with Gasteiger partial charge in [0.25, 0.3) is 0 Å². The summed E-state index contributed by atoms with van der Waals surface area (Å²) in [6.45, 7) is 2.87. The molecule has 1 atom stereocenters. The first-order valence-corrected chi connectivity index (χ1v) is 12.0. The first-order chi connectivity index (χ1) is 12.7. The molecule has 2 heterocycles. The van der Waals surface area contributed by atoms with E-state index in [2.05, 4.69) is 5.32 Å². The number of thiophene rings is 1. The first kappa shape index (κ1) is 20.2. The number of nitrogens with zero attached hydrogens (tertiary/aromatic N) is 1. The lowest BCUT2D eigenvalue weighted by Gasteiger charge is -2.32. The van der Waals surface area contributed by atoms with Crippen LogP contribution in [0.5, 0.6) is 5.75 Å². The molecule has 148 valence electrons. The van der Waals surface area contributed by atoms with Crippen LogP contribution >= 0.6 is 11.3 Å². The maximum Gasteiger partial charge on any atom is 0.247 e. The number of benzene rings is 1. The molecular weight excluding hydrogens is 410 g/mol. The minimum Gasteiger partial charge on any atom is -0.497 e. The van der Waals surface area contributed by atoms with Gasteiger partial charge in [-0.3, -0.25) is 0 Å². The second kappa shape index (κ2) is 7.49. The van der Waals surface area contributed by atoms with E-state index < -0.39 is 20.0 Å². The number of likely N-dealkylation sites (N-methyl/N-ethyl adjacent to an activating group) is 1. The van der Waals surface area contributed by atoms with Gasteiger partial charge in [-0.25, -0.2) is 22.0 Å². The summed E-state index contributed by atoms with van der Waals surface area (Å²) in [5, 5.41) is 8.43. The van der Waals surface area contributed by atoms with Crippen molar-refractivity contribution in [2.45, 2.75) is 28.6 Å². The molecule has 3 N–H and O–H groups in total. The minimum absolute atomic E-state index is 0.00313. The summed E-state index contributed by atoms with van der Waals surface area (Å²) in [4.78, 5) is 0.472. The van der Waals surface area contributed by atoms with E-state index in [0.29, 0.717) is 17.2 Å². The van der Waals surface area contributed by atoms with Crippen LogP contribution in [-0.4, -0.2) is 41.3 Å². The Morgan fingerprint density at radius 3 is 2.74 bits per heavy atom. The summed E-state index contributed by atoms with van der Waals surface area (Å²) in [5.41, 5.74) is 0.776. The molecule has 27 heavy (non-hydrogen) atoms. The Kier molecular flexibility index (Phi) is 5.62. The normalized spacial score (nSPS) is 19.6. The van der Waals surface area contributed by atoms with Crippen molar-refractivity contribution in [2.24, 2.45) is 5.14 Å². The number of rotatable bonds is 6. The number of sulfonamides is 2. The minimum atomic E-state index is -3.98. The molecule has 0 amide bonds. The van der Waals surface area contributed by atoms with Crippen LogP contribution in [0.3, 0.4) is 0 Å². The Labute approximate surface area is 163 Å². The third kappa shape index (κ3) is 4.03. The van der Waals surface area contributed by atoms with Gasteiger partial charge in [0.2, 0.25) is 20.0 Å². The van der Waals surface area contributed by atoms with Crippen LogP contribution in [0.1, 0.15) is 23.4 Å². The number of nitrogens with one attached hydrogen (secondary N) is 1. The summed E-state index contributed by atoms with van der Waals surface area (Å²) in [5.74, 6) is 0.637. The van der Waals surface area contributed by atoms with Crippen LogP contribution in [0, 0.1) is 0 Å². The summed E-state index contributed by atoms with van der Waals surface area (Å²) < 4.78 is 56.0. The van der Waals surface area contributed by atoms with Gasteiger partial charge in [-0.15, -0.1) is 11.3 Å². The van der Waals surface area contributed by atoms with Gasteiger partial charge < -0.3 is 10.1 Å². The fourth-order valence-electron chi connectivity index (χ4n) is 3.00. The van der Waals surface area contributed by atoms with E-state index in [4.69, 9.17) is 9.88 Å². The zero-order valence-electron chi connectivity index (χ0n) is 14.9. The number of hydrogen-bond acceptors (Lipinski definition) is 7. The average Bonchev–Trinajstić information content (AvgIpc) is 3.07. The molecule has 0 unspecified atom stereocenters. The van der Waals surface area contributed by atoms with Crippen molar-refractivity contribution in [3.63, 3.8) is 0 Å². The summed E-state index contributed by atoms with van der Waals surface area (Å²) >= 11 is 0.906. The lowest BCUT2D eigenvalue weighted by atomic mass is 10.2. The quantitative estimate of drug-likeness (QED) is 0.711. The smallest absolute Gasteiger partial charge is 0.247 e. The summed E-state index contributed by atoms with van der Waals surface area (Å²) in [6.07, 6.45) is 0. The number of ether oxygens (including phenoxy) is 1. The van der Waals surface area contributed by atoms with Crippen LogP contribution in [0.25, 0.3) is 0 Å². The van der Waals surface area contributed by atoms with Crippen LogP contribution in [0.2, 0.25) is 0 Å². The number of methoxy groups -OCH3 is 1. The van der Waals surface area contributed by atoms with Crippen molar-refractivity contribution in [1.82, 2.24) is 9.62 Å². The highest BCUT2D eigenvalue weighted by Gasteiger charge is 2.39. The third-order valence-corrected chi connectivity index (χ3v) is 8.90. The first-order valence-electron chi connectivity index (χ1n) is 8.19. The second-order valence-corrected chi connectivity index (χ2v) is 10.9. The van der Waals surface area contributed by atoms with Crippen LogP contribution in [-0.2, 0) is 26.6 Å². The van der Waals surface area contributed by atoms with Gasteiger partial charge in [-0.1, -0.05) is 19.1 Å². The van der Waals surface area contributed by atoms with E-state index in [-0.39, 0.29) is 28.2 Å². The molecule has 1 aromatic heterocycles. The van der Waals surface area contributed by atoms with Crippen LogP contribution in [0.15, 0.2) is 39.4 Å². The number of nitrogens with two attached hydrogens (primary N) is 1. The average molecular weight is 432 g/mol. The molecule has 0 saturated heterocycles. The highest BCUT2D eigenvalue weighted by molar-refractivity contribution is 7.92. The van der Waals surface area contributed by atoms with Crippen LogP contribution in [0.4, 0.5) is 0 Å². The Morgan fingerprint density at radius 1 is 1.37 bits per heavy atom. The molecule has 0 saturated carbocycles. The lowest BCUT2D eigenvalue weighted by Crippen LogP contribution is -2.42. The van der Waals surface area contributed by atoms with E-state index in [1.54, 1.807) is 25.3 Å². The molecular formula is C16H21N3O5S3. The Hall–Kier alpha value is -1.50. The van der Waals surface area contributed by atoms with Crippen molar-refractivity contribution in [1.29, 1.82) is 0 Å². The number of fused-ring (bicyclic) bond motifs is 1. The lowest BCUT2D eigenvalue weighted by molar-refractivity contribution is 0.340. The Bertz CT molecular complexity index is 1050. The fourth-order valence-corrected chi connectivity index (χ4v) is 7.07. The van der Waals surface area contributed by atoms with Gasteiger partial charge >= 0.3 is 0 Å². The standard InChI is InChI=1S/C16H21N3O5S3/c1-3-18-13-10-19(9-11-5-4-6-12(7-11)24-2)27(22,23)14-8-15(25-16(13)14)26(17,20)21/h4-8,13,18H,3,9-10H2,1-2H3,(H2,17,20,21)/t13-/m1/s1. The molecule has 1 aliphatic rings. The van der Waals surface area contributed by atoms with Crippen molar-refractivity contribution < 1.29 is 21.6 Å². The predicted octanol–water partition coefficient (Wildman–Crippen LogP) is 1.26. The molecule has 11 heteroatoms. The summed E-state index contributed by atoms with van der Waals surface area (Å²) in [7, 11) is -6.28. The van der Waals surface area contributed by atoms with Crippen molar-refractivity contribution in [2.75, 3.05) is 20.2 Å². The van der Waals surface area contributed by atoms with Crippen molar-refractivity contribution in [3.8, 4) is 5.75 Å². The molecule has 8 nitrogen and oxygen atoms in total. The van der Waals surface area contributed by atoms with Gasteiger partial charge in [-0.05, 0) is 30.3 Å². The number of hydrogen-bond donors (Lipinski definition) is 2. The van der Waals surface area contributed by atoms with Crippen molar-refractivity contribution >= 4 is 31.4 Å². The van der Waals surface area contributed by atoms with E-state index in [1.807, 2.05) is 13.0 Å². The van der Waals surface area contributed by atoms with Gasteiger partial charge in [0.1, 0.15) is 9.96 Å². The molecule has 1 aromatic carbocycles. The largest absolute Gasteiger partial charge is 0.497 e. The van der Waals surface area contributed by atoms with Gasteiger partial charge in [-0.2, -0.15) is 4.31 Å². The zero-order valence-corrected chi connectivity index (χ0v) is 17.3. The molecule has 0 aliphatic carbocycles. The Balaban J connectivity index is 2.03. The van der Waals surface area contributed by atoms with E-state index in [9.17, 15) is 16.8 Å².